The summed E-state index contributed by atoms with van der Waals surface area (Å²) in [5.74, 6) is 0.384. The number of rotatable bonds is 5. The third-order valence-electron chi connectivity index (χ3n) is 5.96. The number of hydrogen-bond donors (Lipinski definition) is 1. The molecule has 2 aromatic heterocycles. The van der Waals surface area contributed by atoms with E-state index in [9.17, 15) is 13.2 Å². The zero-order valence-electron chi connectivity index (χ0n) is 17.0. The highest BCUT2D eigenvalue weighted by Crippen LogP contribution is 2.33. The molecule has 2 aliphatic rings. The van der Waals surface area contributed by atoms with Gasteiger partial charge in [0.25, 0.3) is 10.0 Å². The van der Waals surface area contributed by atoms with E-state index < -0.39 is 16.1 Å². The number of aromatic nitrogens is 2. The highest BCUT2D eigenvalue weighted by Gasteiger charge is 2.39. The lowest BCUT2D eigenvalue weighted by Crippen LogP contribution is -2.49. The fourth-order valence-corrected chi connectivity index (χ4v) is 7.23. The van der Waals surface area contributed by atoms with Crippen LogP contribution in [0.25, 0.3) is 5.69 Å². The number of para-hydroxylation sites is 1. The molecule has 1 aliphatic heterocycles. The van der Waals surface area contributed by atoms with Crippen LogP contribution in [0.1, 0.15) is 36.9 Å². The molecule has 162 valence electrons. The maximum atomic E-state index is 13.4. The molecule has 1 N–H and O–H groups in total. The van der Waals surface area contributed by atoms with Crippen molar-refractivity contribution in [2.45, 2.75) is 48.8 Å². The first-order valence-electron chi connectivity index (χ1n) is 10.6. The van der Waals surface area contributed by atoms with Gasteiger partial charge in [-0.25, -0.2) is 13.1 Å². The second-order valence-electron chi connectivity index (χ2n) is 7.92. The SMILES string of the molecule is O=C(Nc1c2c(nn1-c1ccccc1)CCC2)C1CCCCN1S(=O)(=O)c1cccs1. The summed E-state index contributed by atoms with van der Waals surface area (Å²) in [5, 5.41) is 9.55. The number of nitrogens with one attached hydrogen (secondary N) is 1. The molecule has 0 spiro atoms. The molecule has 1 atom stereocenters. The standard InChI is InChI=1S/C22H24N4O3S2/c27-22(19-12-4-5-14-25(19)31(28,29)20-13-7-15-30-20)23-21-17-10-6-11-18(17)24-26(21)16-8-2-1-3-9-16/h1-3,7-9,13,15,19H,4-6,10-12,14H2,(H,23,27). The monoisotopic (exact) mass is 456 g/mol. The van der Waals surface area contributed by atoms with Crippen molar-refractivity contribution in [3.63, 3.8) is 0 Å². The summed E-state index contributed by atoms with van der Waals surface area (Å²) in [4.78, 5) is 13.4. The molecular formula is C22H24N4O3S2. The van der Waals surface area contributed by atoms with Gasteiger partial charge in [0.15, 0.2) is 0 Å². The lowest BCUT2D eigenvalue weighted by Gasteiger charge is -2.33. The average molecular weight is 457 g/mol. The molecule has 0 radical (unpaired) electrons. The maximum absolute atomic E-state index is 13.4. The van der Waals surface area contributed by atoms with Crippen LogP contribution in [0.4, 0.5) is 5.82 Å². The van der Waals surface area contributed by atoms with E-state index in [4.69, 9.17) is 5.10 Å². The second kappa shape index (κ2) is 8.22. The van der Waals surface area contributed by atoms with Gasteiger partial charge in [-0.1, -0.05) is 30.7 Å². The maximum Gasteiger partial charge on any atom is 0.253 e. The number of carbonyl (C=O) groups is 1. The molecule has 1 fully saturated rings. The van der Waals surface area contributed by atoms with Crippen LogP contribution in [0, 0.1) is 0 Å². The Morgan fingerprint density at radius 1 is 1.06 bits per heavy atom. The smallest absolute Gasteiger partial charge is 0.253 e. The zero-order valence-corrected chi connectivity index (χ0v) is 18.7. The lowest BCUT2D eigenvalue weighted by atomic mass is 10.0. The van der Waals surface area contributed by atoms with E-state index in [1.807, 2.05) is 30.3 Å². The van der Waals surface area contributed by atoms with Crippen LogP contribution in [-0.2, 0) is 27.7 Å². The molecule has 9 heteroatoms. The summed E-state index contributed by atoms with van der Waals surface area (Å²) in [6.07, 6.45) is 4.85. The average Bonchev–Trinajstić information content (AvgIpc) is 3.54. The van der Waals surface area contributed by atoms with E-state index in [0.29, 0.717) is 18.8 Å². The number of sulfonamides is 1. The molecular weight excluding hydrogens is 432 g/mol. The molecule has 7 nitrogen and oxygen atoms in total. The number of hydrogen-bond acceptors (Lipinski definition) is 5. The van der Waals surface area contributed by atoms with Crippen molar-refractivity contribution in [1.29, 1.82) is 0 Å². The van der Waals surface area contributed by atoms with E-state index in [0.717, 1.165) is 49.0 Å². The predicted molar refractivity (Wildman–Crippen MR) is 120 cm³/mol. The van der Waals surface area contributed by atoms with Crippen molar-refractivity contribution in [3.8, 4) is 5.69 Å². The Morgan fingerprint density at radius 3 is 2.68 bits per heavy atom. The molecule has 1 aromatic carbocycles. The van der Waals surface area contributed by atoms with Gasteiger partial charge in [0.2, 0.25) is 5.91 Å². The van der Waals surface area contributed by atoms with E-state index in [1.54, 1.807) is 22.2 Å². The Morgan fingerprint density at radius 2 is 1.90 bits per heavy atom. The topological polar surface area (TPSA) is 84.3 Å². The van der Waals surface area contributed by atoms with Crippen LogP contribution in [0.2, 0.25) is 0 Å². The van der Waals surface area contributed by atoms with Gasteiger partial charge in [0.05, 0.1) is 11.4 Å². The Bertz CT molecular complexity index is 1190. The van der Waals surface area contributed by atoms with Crippen LogP contribution in [0.15, 0.2) is 52.1 Å². The van der Waals surface area contributed by atoms with Crippen molar-refractivity contribution in [3.05, 3.63) is 59.1 Å². The van der Waals surface area contributed by atoms with E-state index in [1.165, 1.54) is 15.6 Å². The quantitative estimate of drug-likeness (QED) is 0.636. The normalized spacial score (nSPS) is 19.3. The summed E-state index contributed by atoms with van der Waals surface area (Å²) in [7, 11) is -3.70. The third kappa shape index (κ3) is 3.71. The molecule has 1 amide bonds. The number of benzene rings is 1. The summed E-state index contributed by atoms with van der Waals surface area (Å²) in [5.41, 5.74) is 2.94. The fraction of sp³-hybridized carbons (Fsp3) is 0.364. The molecule has 31 heavy (non-hydrogen) atoms. The number of anilines is 1. The first-order valence-corrected chi connectivity index (χ1v) is 12.9. The van der Waals surface area contributed by atoms with Gasteiger partial charge in [0, 0.05) is 12.1 Å². The van der Waals surface area contributed by atoms with Crippen molar-refractivity contribution in [2.75, 3.05) is 11.9 Å². The first-order chi connectivity index (χ1) is 15.1. The summed E-state index contributed by atoms with van der Waals surface area (Å²) in [6.45, 7) is 0.356. The molecule has 1 unspecified atom stereocenters. The molecule has 0 bridgehead atoms. The van der Waals surface area contributed by atoms with Gasteiger partial charge < -0.3 is 5.32 Å². The fourth-order valence-electron chi connectivity index (χ4n) is 4.46. The zero-order chi connectivity index (χ0) is 21.4. The molecule has 3 aromatic rings. The predicted octanol–water partition coefficient (Wildman–Crippen LogP) is 3.60. The Kier molecular flexibility index (Phi) is 5.41. The van der Waals surface area contributed by atoms with E-state index in [-0.39, 0.29) is 10.1 Å². The van der Waals surface area contributed by atoms with Crippen molar-refractivity contribution in [2.24, 2.45) is 0 Å². The number of aryl methyl sites for hydroxylation is 1. The molecule has 1 saturated heterocycles. The lowest BCUT2D eigenvalue weighted by molar-refractivity contribution is -0.120. The van der Waals surface area contributed by atoms with E-state index in [2.05, 4.69) is 5.32 Å². The van der Waals surface area contributed by atoms with Crippen molar-refractivity contribution >= 4 is 33.1 Å². The summed E-state index contributed by atoms with van der Waals surface area (Å²) >= 11 is 1.18. The van der Waals surface area contributed by atoms with E-state index >= 15 is 0 Å². The minimum absolute atomic E-state index is 0.280. The minimum Gasteiger partial charge on any atom is -0.309 e. The number of thiophene rings is 1. The van der Waals surface area contributed by atoms with Crippen LogP contribution in [0.3, 0.4) is 0 Å². The minimum atomic E-state index is -3.70. The molecule has 1 aliphatic carbocycles. The van der Waals surface area contributed by atoms with Gasteiger partial charge in [-0.2, -0.15) is 9.40 Å². The van der Waals surface area contributed by atoms with Crippen LogP contribution in [0.5, 0.6) is 0 Å². The number of fused-ring (bicyclic) bond motifs is 1. The molecule has 0 saturated carbocycles. The number of amides is 1. The number of nitrogens with zero attached hydrogens (tertiary/aromatic N) is 3. The van der Waals surface area contributed by atoms with Gasteiger partial charge >= 0.3 is 0 Å². The van der Waals surface area contributed by atoms with Crippen LogP contribution < -0.4 is 5.32 Å². The highest BCUT2D eigenvalue weighted by molar-refractivity contribution is 7.91. The summed E-state index contributed by atoms with van der Waals surface area (Å²) < 4.78 is 29.8. The number of carbonyl (C=O) groups excluding carboxylic acids is 1. The summed E-state index contributed by atoms with van der Waals surface area (Å²) in [6, 6.07) is 12.3. The number of piperidine rings is 1. The third-order valence-corrected chi connectivity index (χ3v) is 9.25. The second-order valence-corrected chi connectivity index (χ2v) is 11.0. The van der Waals surface area contributed by atoms with Crippen molar-refractivity contribution in [1.82, 2.24) is 14.1 Å². The van der Waals surface area contributed by atoms with Gasteiger partial charge in [-0.15, -0.1) is 11.3 Å². The highest BCUT2D eigenvalue weighted by atomic mass is 32.2. The first kappa shape index (κ1) is 20.4. The Balaban J connectivity index is 1.47. The van der Waals surface area contributed by atoms with Crippen molar-refractivity contribution < 1.29 is 13.2 Å². The molecule has 3 heterocycles. The molecule has 5 rings (SSSR count). The Hall–Kier alpha value is -2.49. The van der Waals surface area contributed by atoms with Gasteiger partial charge in [-0.05, 0) is 55.7 Å². The van der Waals surface area contributed by atoms with Gasteiger partial charge in [0.1, 0.15) is 16.1 Å². The van der Waals surface area contributed by atoms with Crippen LogP contribution >= 0.6 is 11.3 Å². The Labute approximate surface area is 185 Å². The largest absolute Gasteiger partial charge is 0.309 e. The van der Waals surface area contributed by atoms with Gasteiger partial charge in [-0.3, -0.25) is 4.79 Å². The van der Waals surface area contributed by atoms with Crippen LogP contribution in [-0.4, -0.2) is 41.0 Å².